The molecule has 0 saturated heterocycles. The Morgan fingerprint density at radius 1 is 1.38 bits per heavy atom. The molecule has 1 atom stereocenters. The lowest BCUT2D eigenvalue weighted by molar-refractivity contribution is -0.139. The molecule has 0 fully saturated rings. The molecule has 1 aromatic carbocycles. The predicted octanol–water partition coefficient (Wildman–Crippen LogP) is 1.50. The number of ether oxygens (including phenoxy) is 1. The van der Waals surface area contributed by atoms with Crippen LogP contribution >= 0.6 is 11.6 Å². The number of esters is 1. The van der Waals surface area contributed by atoms with Crippen molar-refractivity contribution < 1.29 is 19.4 Å². The molecule has 0 saturated carbocycles. The fourth-order valence-corrected chi connectivity index (χ4v) is 2.22. The van der Waals surface area contributed by atoms with E-state index < -0.39 is 24.6 Å². The molecule has 2 amide bonds. The molecule has 2 rings (SSSR count). The third-order valence-electron chi connectivity index (χ3n) is 3.01. The van der Waals surface area contributed by atoms with Gasteiger partial charge in [-0.2, -0.15) is 0 Å². The number of aliphatic hydroxyl groups is 1. The molecule has 1 aliphatic heterocycles. The zero-order chi connectivity index (χ0) is 15.4. The summed E-state index contributed by atoms with van der Waals surface area (Å²) < 4.78 is 5.00. The number of rotatable bonds is 4. The van der Waals surface area contributed by atoms with Crippen molar-refractivity contribution in [2.75, 3.05) is 13.2 Å². The Kier molecular flexibility index (Phi) is 4.82. The Morgan fingerprint density at radius 2 is 2.05 bits per heavy atom. The number of urea groups is 1. The Bertz CT molecular complexity index is 583. The van der Waals surface area contributed by atoms with Crippen LogP contribution < -0.4 is 10.6 Å². The van der Waals surface area contributed by atoms with E-state index in [1.807, 2.05) is 0 Å². The molecule has 1 heterocycles. The first-order chi connectivity index (χ1) is 10.1. The zero-order valence-corrected chi connectivity index (χ0v) is 12.1. The van der Waals surface area contributed by atoms with Crippen molar-refractivity contribution in [3.05, 3.63) is 46.1 Å². The van der Waals surface area contributed by atoms with E-state index in [2.05, 4.69) is 10.6 Å². The smallest absolute Gasteiger partial charge is 0.338 e. The molecule has 3 N–H and O–H groups in total. The summed E-state index contributed by atoms with van der Waals surface area (Å²) in [4.78, 5) is 23.8. The van der Waals surface area contributed by atoms with Gasteiger partial charge in [0.05, 0.1) is 30.5 Å². The Hall–Kier alpha value is -2.05. The molecule has 21 heavy (non-hydrogen) atoms. The van der Waals surface area contributed by atoms with Crippen LogP contribution in [0.15, 0.2) is 35.5 Å². The summed E-state index contributed by atoms with van der Waals surface area (Å²) in [5.74, 6) is -0.589. The average molecular weight is 311 g/mol. The molecular weight excluding hydrogens is 296 g/mol. The van der Waals surface area contributed by atoms with E-state index in [-0.39, 0.29) is 17.9 Å². The fraction of sp³-hybridized carbons (Fsp3) is 0.286. The van der Waals surface area contributed by atoms with Crippen LogP contribution in [0, 0.1) is 0 Å². The lowest BCUT2D eigenvalue weighted by Crippen LogP contribution is -2.46. The summed E-state index contributed by atoms with van der Waals surface area (Å²) in [7, 11) is 0. The van der Waals surface area contributed by atoms with E-state index in [0.29, 0.717) is 10.6 Å². The molecule has 0 spiro atoms. The normalized spacial score (nSPS) is 18.0. The van der Waals surface area contributed by atoms with Crippen LogP contribution in [0.25, 0.3) is 0 Å². The number of aliphatic hydroxyl groups excluding tert-OH is 1. The second kappa shape index (κ2) is 6.60. The van der Waals surface area contributed by atoms with Gasteiger partial charge in [0, 0.05) is 5.02 Å². The van der Waals surface area contributed by atoms with Crippen LogP contribution in [-0.2, 0) is 9.53 Å². The highest BCUT2D eigenvalue weighted by molar-refractivity contribution is 6.30. The maximum Gasteiger partial charge on any atom is 0.338 e. The van der Waals surface area contributed by atoms with Gasteiger partial charge in [-0.15, -0.1) is 0 Å². The largest absolute Gasteiger partial charge is 0.463 e. The second-order valence-electron chi connectivity index (χ2n) is 4.35. The van der Waals surface area contributed by atoms with E-state index in [1.54, 1.807) is 31.2 Å². The standard InChI is InChI=1S/C14H15ClN2O4/c1-2-21-13(19)11-10(7-18)16-14(20)17-12(11)8-3-5-9(15)6-4-8/h3-6,12,18H,2,7H2,1H3,(H2,16,17,20). The fourth-order valence-electron chi connectivity index (χ4n) is 2.10. The van der Waals surface area contributed by atoms with Crippen LogP contribution in [0.3, 0.4) is 0 Å². The van der Waals surface area contributed by atoms with Crippen LogP contribution in [0.4, 0.5) is 4.79 Å². The third-order valence-corrected chi connectivity index (χ3v) is 3.26. The van der Waals surface area contributed by atoms with Gasteiger partial charge in [0.1, 0.15) is 0 Å². The van der Waals surface area contributed by atoms with Gasteiger partial charge in [0.25, 0.3) is 0 Å². The number of benzene rings is 1. The monoisotopic (exact) mass is 310 g/mol. The number of hydrogen-bond acceptors (Lipinski definition) is 4. The minimum atomic E-state index is -0.697. The van der Waals surface area contributed by atoms with Crippen LogP contribution in [-0.4, -0.2) is 30.3 Å². The molecule has 1 aliphatic rings. The minimum absolute atomic E-state index is 0.136. The Morgan fingerprint density at radius 3 is 2.62 bits per heavy atom. The van der Waals surface area contributed by atoms with Gasteiger partial charge in [-0.1, -0.05) is 23.7 Å². The highest BCUT2D eigenvalue weighted by atomic mass is 35.5. The van der Waals surface area contributed by atoms with Crippen molar-refractivity contribution in [3.8, 4) is 0 Å². The molecule has 0 aliphatic carbocycles. The number of carbonyl (C=O) groups is 2. The molecular formula is C14H15ClN2O4. The summed E-state index contributed by atoms with van der Waals surface area (Å²) in [5.41, 5.74) is 0.988. The third kappa shape index (κ3) is 3.34. The molecule has 0 aromatic heterocycles. The number of halogens is 1. The maximum atomic E-state index is 12.1. The van der Waals surface area contributed by atoms with Gasteiger partial charge in [0.15, 0.2) is 0 Å². The lowest BCUT2D eigenvalue weighted by Gasteiger charge is -2.28. The molecule has 1 unspecified atom stereocenters. The van der Waals surface area contributed by atoms with Gasteiger partial charge >= 0.3 is 12.0 Å². The second-order valence-corrected chi connectivity index (χ2v) is 4.79. The SMILES string of the molecule is CCOC(=O)C1=C(CO)NC(=O)NC1c1ccc(Cl)cc1. The Labute approximate surface area is 126 Å². The Balaban J connectivity index is 2.46. The highest BCUT2D eigenvalue weighted by Gasteiger charge is 2.33. The highest BCUT2D eigenvalue weighted by Crippen LogP contribution is 2.28. The first kappa shape index (κ1) is 15.3. The van der Waals surface area contributed by atoms with E-state index in [0.717, 1.165) is 0 Å². The van der Waals surface area contributed by atoms with Crippen molar-refractivity contribution in [1.82, 2.24) is 10.6 Å². The molecule has 0 bridgehead atoms. The van der Waals surface area contributed by atoms with E-state index in [1.165, 1.54) is 0 Å². The first-order valence-corrected chi connectivity index (χ1v) is 6.78. The maximum absolute atomic E-state index is 12.1. The van der Waals surface area contributed by atoms with Crippen LogP contribution in [0.5, 0.6) is 0 Å². The number of carbonyl (C=O) groups excluding carboxylic acids is 2. The van der Waals surface area contributed by atoms with E-state index in [9.17, 15) is 14.7 Å². The number of amides is 2. The zero-order valence-electron chi connectivity index (χ0n) is 11.4. The van der Waals surface area contributed by atoms with E-state index in [4.69, 9.17) is 16.3 Å². The minimum Gasteiger partial charge on any atom is -0.463 e. The van der Waals surface area contributed by atoms with Crippen molar-refractivity contribution >= 4 is 23.6 Å². The summed E-state index contributed by atoms with van der Waals surface area (Å²) in [6.45, 7) is 1.41. The molecule has 7 heteroatoms. The van der Waals surface area contributed by atoms with Gasteiger partial charge in [-0.25, -0.2) is 9.59 Å². The van der Waals surface area contributed by atoms with Crippen molar-refractivity contribution in [2.24, 2.45) is 0 Å². The van der Waals surface area contributed by atoms with E-state index >= 15 is 0 Å². The number of nitrogens with one attached hydrogen (secondary N) is 2. The predicted molar refractivity (Wildman–Crippen MR) is 76.6 cm³/mol. The lowest BCUT2D eigenvalue weighted by atomic mass is 9.95. The van der Waals surface area contributed by atoms with Crippen molar-refractivity contribution in [1.29, 1.82) is 0 Å². The van der Waals surface area contributed by atoms with Crippen LogP contribution in [0.1, 0.15) is 18.5 Å². The first-order valence-electron chi connectivity index (χ1n) is 6.40. The van der Waals surface area contributed by atoms with Crippen molar-refractivity contribution in [2.45, 2.75) is 13.0 Å². The molecule has 6 nitrogen and oxygen atoms in total. The average Bonchev–Trinajstić information content (AvgIpc) is 2.47. The van der Waals surface area contributed by atoms with Gasteiger partial charge in [-0.3, -0.25) is 0 Å². The summed E-state index contributed by atoms with van der Waals surface area (Å²) in [6, 6.07) is 5.53. The summed E-state index contributed by atoms with van der Waals surface area (Å²) in [6.07, 6.45) is 0. The quantitative estimate of drug-likeness (QED) is 0.736. The van der Waals surface area contributed by atoms with Crippen molar-refractivity contribution in [3.63, 3.8) is 0 Å². The van der Waals surface area contributed by atoms with Gasteiger partial charge < -0.3 is 20.5 Å². The molecule has 0 radical (unpaired) electrons. The topological polar surface area (TPSA) is 87.7 Å². The molecule has 112 valence electrons. The summed E-state index contributed by atoms with van der Waals surface area (Å²) >= 11 is 5.84. The molecule has 1 aromatic rings. The van der Waals surface area contributed by atoms with Crippen LogP contribution in [0.2, 0.25) is 5.02 Å². The van der Waals surface area contributed by atoms with Gasteiger partial charge in [-0.05, 0) is 24.6 Å². The summed E-state index contributed by atoms with van der Waals surface area (Å²) in [5, 5.41) is 15.0. The van der Waals surface area contributed by atoms with Gasteiger partial charge in [0.2, 0.25) is 0 Å². The number of hydrogen-bond donors (Lipinski definition) is 3.